The number of rotatable bonds is 7. The Hall–Kier alpha value is -4.03. The highest BCUT2D eigenvalue weighted by Gasteiger charge is 2.24. The predicted octanol–water partition coefficient (Wildman–Crippen LogP) is 5.32. The summed E-state index contributed by atoms with van der Waals surface area (Å²) in [5.41, 5.74) is 7.75. The first-order chi connectivity index (χ1) is 19.0. The Morgan fingerprint density at radius 3 is 2.67 bits per heavy atom. The van der Waals surface area contributed by atoms with Gasteiger partial charge in [0, 0.05) is 30.4 Å². The molecule has 1 aromatic heterocycles. The second-order valence-corrected chi connectivity index (χ2v) is 11.0. The van der Waals surface area contributed by atoms with Crippen LogP contribution in [0.15, 0.2) is 89.9 Å². The highest BCUT2D eigenvalue weighted by Crippen LogP contribution is 2.33. The zero-order valence-corrected chi connectivity index (χ0v) is 22.4. The van der Waals surface area contributed by atoms with E-state index in [0.717, 1.165) is 43.1 Å². The van der Waals surface area contributed by atoms with Crippen molar-refractivity contribution in [3.8, 4) is 0 Å². The minimum atomic E-state index is -0.231. The molecule has 0 spiro atoms. The number of Topliss-reactive ketones (excluding diaryl/α,β-unsaturated/α-hetero) is 1. The molecule has 0 saturated carbocycles. The van der Waals surface area contributed by atoms with Crippen LogP contribution < -0.4 is 5.32 Å². The van der Waals surface area contributed by atoms with Crippen LogP contribution in [0.25, 0.3) is 6.08 Å². The molecule has 0 radical (unpaired) electrons. The van der Waals surface area contributed by atoms with E-state index in [9.17, 15) is 9.59 Å². The Labute approximate surface area is 229 Å². The average Bonchev–Trinajstić information content (AvgIpc) is 3.59. The number of piperidine rings is 1. The van der Waals surface area contributed by atoms with Crippen LogP contribution >= 0.6 is 0 Å². The van der Waals surface area contributed by atoms with Crippen molar-refractivity contribution in [3.63, 3.8) is 0 Å². The van der Waals surface area contributed by atoms with Crippen molar-refractivity contribution >= 4 is 17.8 Å². The van der Waals surface area contributed by atoms with E-state index >= 15 is 0 Å². The lowest BCUT2D eigenvalue weighted by Gasteiger charge is -2.30. The molecule has 3 aromatic rings. The van der Waals surface area contributed by atoms with Crippen LogP contribution in [0.3, 0.4) is 0 Å². The molecular formula is C33H34N4O2. The monoisotopic (exact) mass is 518 g/mol. The maximum absolute atomic E-state index is 12.9. The quantitative estimate of drug-likeness (QED) is 0.460. The second kappa shape index (κ2) is 11.0. The van der Waals surface area contributed by atoms with E-state index in [4.69, 9.17) is 0 Å². The van der Waals surface area contributed by atoms with Gasteiger partial charge in [0.05, 0.1) is 18.3 Å². The first-order valence-corrected chi connectivity index (χ1v) is 13.9. The molecule has 2 aliphatic carbocycles. The SMILES string of the molecule is CC1CCN(Cc2ccc3c(c2)C=C(C2=CC(NC(=O)c4cnn(Cc5ccccc5)c4)=CCC2=O)C3)CC1. The van der Waals surface area contributed by atoms with Gasteiger partial charge < -0.3 is 5.32 Å². The van der Waals surface area contributed by atoms with Gasteiger partial charge in [0.2, 0.25) is 0 Å². The lowest BCUT2D eigenvalue weighted by atomic mass is 9.93. The van der Waals surface area contributed by atoms with Crippen molar-refractivity contribution in [3.05, 3.63) is 118 Å². The van der Waals surface area contributed by atoms with Gasteiger partial charge in [-0.3, -0.25) is 19.2 Å². The number of carbonyl (C=O) groups excluding carboxylic acids is 2. The van der Waals surface area contributed by atoms with E-state index < -0.39 is 0 Å². The molecule has 6 rings (SSSR count). The van der Waals surface area contributed by atoms with Crippen molar-refractivity contribution in [2.24, 2.45) is 5.92 Å². The average molecular weight is 519 g/mol. The molecule has 198 valence electrons. The maximum atomic E-state index is 12.9. The highest BCUT2D eigenvalue weighted by atomic mass is 16.1. The molecule has 1 fully saturated rings. The van der Waals surface area contributed by atoms with Crippen LogP contribution in [0.4, 0.5) is 0 Å². The highest BCUT2D eigenvalue weighted by molar-refractivity contribution is 6.04. The van der Waals surface area contributed by atoms with Gasteiger partial charge in [-0.15, -0.1) is 0 Å². The molecular weight excluding hydrogens is 484 g/mol. The summed E-state index contributed by atoms with van der Waals surface area (Å²) in [4.78, 5) is 28.4. The molecule has 1 saturated heterocycles. The third kappa shape index (κ3) is 5.86. The lowest BCUT2D eigenvalue weighted by molar-refractivity contribution is -0.114. The minimum absolute atomic E-state index is 0.0883. The summed E-state index contributed by atoms with van der Waals surface area (Å²) < 4.78 is 1.75. The number of aromatic nitrogens is 2. The molecule has 0 bridgehead atoms. The normalized spacial score (nSPS) is 17.9. The number of benzene rings is 2. The van der Waals surface area contributed by atoms with Gasteiger partial charge >= 0.3 is 0 Å². The molecule has 6 heteroatoms. The standard InChI is InChI=1S/C33H34N4O2/c1-23-11-13-36(14-12-23)20-25-7-8-26-16-28(17-27(26)15-25)31-18-30(9-10-32(31)38)35-33(39)29-19-34-37(22-29)21-24-5-3-2-4-6-24/h2-9,15,17-19,22-23H,10-14,16,20-21H2,1H3,(H,35,39). The maximum Gasteiger partial charge on any atom is 0.258 e. The zero-order chi connectivity index (χ0) is 26.8. The van der Waals surface area contributed by atoms with E-state index in [-0.39, 0.29) is 18.1 Å². The number of likely N-dealkylation sites (tertiary alicyclic amines) is 1. The Morgan fingerprint density at radius 2 is 1.85 bits per heavy atom. The summed E-state index contributed by atoms with van der Waals surface area (Å²) in [7, 11) is 0. The molecule has 0 atom stereocenters. The Bertz CT molecular complexity index is 1490. The van der Waals surface area contributed by atoms with E-state index in [1.54, 1.807) is 23.2 Å². The smallest absolute Gasteiger partial charge is 0.258 e. The third-order valence-electron chi connectivity index (χ3n) is 8.00. The fourth-order valence-corrected chi connectivity index (χ4v) is 5.64. The van der Waals surface area contributed by atoms with E-state index in [1.807, 2.05) is 36.4 Å². The number of nitrogens with one attached hydrogen (secondary N) is 1. The van der Waals surface area contributed by atoms with Crippen molar-refractivity contribution in [1.82, 2.24) is 20.0 Å². The van der Waals surface area contributed by atoms with E-state index in [1.165, 1.54) is 29.5 Å². The number of hydrogen-bond acceptors (Lipinski definition) is 4. The van der Waals surface area contributed by atoms with Crippen LogP contribution in [0.5, 0.6) is 0 Å². The van der Waals surface area contributed by atoms with Crippen LogP contribution in [-0.4, -0.2) is 39.5 Å². The summed E-state index contributed by atoms with van der Waals surface area (Å²) in [6.07, 6.45) is 12.7. The first kappa shape index (κ1) is 25.3. The number of allylic oxidation sites excluding steroid dienone is 4. The molecule has 1 aliphatic heterocycles. The molecule has 3 aliphatic rings. The molecule has 0 unspecified atom stereocenters. The number of carbonyl (C=O) groups is 2. The molecule has 6 nitrogen and oxygen atoms in total. The summed E-state index contributed by atoms with van der Waals surface area (Å²) in [5, 5.41) is 7.31. The first-order valence-electron chi connectivity index (χ1n) is 13.9. The van der Waals surface area contributed by atoms with E-state index in [0.29, 0.717) is 23.4 Å². The molecule has 39 heavy (non-hydrogen) atoms. The Balaban J connectivity index is 1.12. The van der Waals surface area contributed by atoms with Crippen molar-refractivity contribution < 1.29 is 9.59 Å². The van der Waals surface area contributed by atoms with Gasteiger partial charge in [-0.25, -0.2) is 0 Å². The summed E-state index contributed by atoms with van der Waals surface area (Å²) in [6, 6.07) is 16.7. The molecule has 1 amide bonds. The van der Waals surface area contributed by atoms with Crippen molar-refractivity contribution in [2.75, 3.05) is 13.1 Å². The molecule has 2 heterocycles. The van der Waals surface area contributed by atoms with Crippen molar-refractivity contribution in [2.45, 2.75) is 45.7 Å². The van der Waals surface area contributed by atoms with Crippen molar-refractivity contribution in [1.29, 1.82) is 0 Å². The fourth-order valence-electron chi connectivity index (χ4n) is 5.64. The largest absolute Gasteiger partial charge is 0.322 e. The summed E-state index contributed by atoms with van der Waals surface area (Å²) in [5.74, 6) is 0.686. The second-order valence-electron chi connectivity index (χ2n) is 11.0. The number of hydrogen-bond donors (Lipinski definition) is 1. The minimum Gasteiger partial charge on any atom is -0.322 e. The number of ketones is 1. The van der Waals surface area contributed by atoms with Gasteiger partial charge in [0.15, 0.2) is 5.78 Å². The lowest BCUT2D eigenvalue weighted by Crippen LogP contribution is -2.32. The van der Waals surface area contributed by atoms with E-state index in [2.05, 4.69) is 46.5 Å². The fraction of sp³-hybridized carbons (Fsp3) is 0.303. The zero-order valence-electron chi connectivity index (χ0n) is 22.4. The Kier molecular flexibility index (Phi) is 7.12. The Morgan fingerprint density at radius 1 is 1.03 bits per heavy atom. The van der Waals surface area contributed by atoms with Gasteiger partial charge in [-0.1, -0.05) is 67.6 Å². The van der Waals surface area contributed by atoms with Crippen LogP contribution in [0.1, 0.15) is 58.8 Å². The van der Waals surface area contributed by atoms with Gasteiger partial charge in [-0.05, 0) is 72.2 Å². The summed E-state index contributed by atoms with van der Waals surface area (Å²) >= 11 is 0. The number of fused-ring (bicyclic) bond motifs is 1. The van der Waals surface area contributed by atoms with Gasteiger partial charge in [0.1, 0.15) is 0 Å². The predicted molar refractivity (Wildman–Crippen MR) is 153 cm³/mol. The third-order valence-corrected chi connectivity index (χ3v) is 8.00. The van der Waals surface area contributed by atoms with Crippen LogP contribution in [-0.2, 0) is 24.3 Å². The van der Waals surface area contributed by atoms with Crippen LogP contribution in [0.2, 0.25) is 0 Å². The number of amides is 1. The number of nitrogens with zero attached hydrogens (tertiary/aromatic N) is 3. The van der Waals surface area contributed by atoms with Crippen LogP contribution in [0, 0.1) is 5.92 Å². The summed E-state index contributed by atoms with van der Waals surface area (Å²) in [6.45, 7) is 6.24. The molecule has 2 aromatic carbocycles. The van der Waals surface area contributed by atoms with Gasteiger partial charge in [0.25, 0.3) is 5.91 Å². The topological polar surface area (TPSA) is 67.2 Å². The van der Waals surface area contributed by atoms with Gasteiger partial charge in [-0.2, -0.15) is 5.10 Å². The molecule has 1 N–H and O–H groups in total.